The van der Waals surface area contributed by atoms with Crippen LogP contribution in [0.3, 0.4) is 0 Å². The molecule has 3 rings (SSSR count). The van der Waals surface area contributed by atoms with Crippen LogP contribution in [-0.4, -0.2) is 40.8 Å². The maximum atomic E-state index is 5.97. The fourth-order valence-electron chi connectivity index (χ4n) is 2.47. The molecule has 0 amide bonds. The first kappa shape index (κ1) is 14.7. The molecule has 2 aromatic rings. The SMILES string of the molecule is CCOc1cncc(N2CCC(OCc3ccncc3)C2)n1. The number of ether oxygens (including phenoxy) is 2. The first-order valence-electron chi connectivity index (χ1n) is 7.55. The van der Waals surface area contributed by atoms with Gasteiger partial charge in [0.25, 0.3) is 0 Å². The van der Waals surface area contributed by atoms with Gasteiger partial charge in [0.2, 0.25) is 5.88 Å². The van der Waals surface area contributed by atoms with Crippen LogP contribution in [0.2, 0.25) is 0 Å². The van der Waals surface area contributed by atoms with Crippen LogP contribution >= 0.6 is 0 Å². The first-order chi connectivity index (χ1) is 10.8. The predicted molar refractivity (Wildman–Crippen MR) is 82.8 cm³/mol. The summed E-state index contributed by atoms with van der Waals surface area (Å²) in [5.41, 5.74) is 1.14. The summed E-state index contributed by atoms with van der Waals surface area (Å²) in [6.45, 7) is 4.90. The number of hydrogen-bond acceptors (Lipinski definition) is 6. The summed E-state index contributed by atoms with van der Waals surface area (Å²) in [7, 11) is 0. The van der Waals surface area contributed by atoms with Crippen LogP contribution in [0.4, 0.5) is 5.82 Å². The normalized spacial score (nSPS) is 17.7. The molecule has 6 nitrogen and oxygen atoms in total. The zero-order valence-corrected chi connectivity index (χ0v) is 12.7. The fourth-order valence-corrected chi connectivity index (χ4v) is 2.47. The standard InChI is InChI=1S/C16H20N4O2/c1-2-21-16-10-18-9-15(19-16)20-8-5-14(11-20)22-12-13-3-6-17-7-4-13/h3-4,6-7,9-10,14H,2,5,8,11-12H2,1H3. The lowest BCUT2D eigenvalue weighted by molar-refractivity contribution is 0.0553. The van der Waals surface area contributed by atoms with Crippen LogP contribution in [-0.2, 0) is 11.3 Å². The average molecular weight is 300 g/mol. The molecule has 1 saturated heterocycles. The Balaban J connectivity index is 1.54. The Morgan fingerprint density at radius 3 is 2.91 bits per heavy atom. The Hall–Kier alpha value is -2.21. The summed E-state index contributed by atoms with van der Waals surface area (Å²) in [6, 6.07) is 3.95. The Labute approximate surface area is 130 Å². The number of pyridine rings is 1. The third-order valence-corrected chi connectivity index (χ3v) is 3.60. The molecule has 0 aliphatic carbocycles. The molecule has 0 radical (unpaired) electrons. The van der Waals surface area contributed by atoms with Gasteiger partial charge in [0, 0.05) is 25.5 Å². The third-order valence-electron chi connectivity index (χ3n) is 3.60. The molecule has 1 fully saturated rings. The van der Waals surface area contributed by atoms with Crippen molar-refractivity contribution in [1.82, 2.24) is 15.0 Å². The van der Waals surface area contributed by atoms with Gasteiger partial charge in [-0.25, -0.2) is 0 Å². The van der Waals surface area contributed by atoms with Gasteiger partial charge >= 0.3 is 0 Å². The number of rotatable bonds is 6. The van der Waals surface area contributed by atoms with Gasteiger partial charge in [-0.15, -0.1) is 0 Å². The van der Waals surface area contributed by atoms with Crippen molar-refractivity contribution in [3.8, 4) is 5.88 Å². The van der Waals surface area contributed by atoms with Crippen molar-refractivity contribution >= 4 is 5.82 Å². The smallest absolute Gasteiger partial charge is 0.234 e. The van der Waals surface area contributed by atoms with Gasteiger partial charge in [-0.3, -0.25) is 9.97 Å². The second-order valence-corrected chi connectivity index (χ2v) is 5.17. The van der Waals surface area contributed by atoms with Crippen LogP contribution in [0, 0.1) is 0 Å². The molecule has 0 bridgehead atoms. The highest BCUT2D eigenvalue weighted by Crippen LogP contribution is 2.21. The topological polar surface area (TPSA) is 60.4 Å². The lowest BCUT2D eigenvalue weighted by Crippen LogP contribution is -2.24. The maximum Gasteiger partial charge on any atom is 0.234 e. The number of hydrogen-bond donors (Lipinski definition) is 0. The quantitative estimate of drug-likeness (QED) is 0.814. The molecule has 22 heavy (non-hydrogen) atoms. The summed E-state index contributed by atoms with van der Waals surface area (Å²) in [5, 5.41) is 0. The van der Waals surface area contributed by atoms with Gasteiger partial charge in [-0.1, -0.05) is 0 Å². The zero-order valence-electron chi connectivity index (χ0n) is 12.7. The predicted octanol–water partition coefficient (Wildman–Crippen LogP) is 2.07. The van der Waals surface area contributed by atoms with E-state index in [1.54, 1.807) is 24.8 Å². The van der Waals surface area contributed by atoms with E-state index in [-0.39, 0.29) is 6.10 Å². The van der Waals surface area contributed by atoms with Crippen LogP contribution in [0.1, 0.15) is 18.9 Å². The highest BCUT2D eigenvalue weighted by Gasteiger charge is 2.24. The van der Waals surface area contributed by atoms with Crippen molar-refractivity contribution in [2.45, 2.75) is 26.1 Å². The van der Waals surface area contributed by atoms with Crippen LogP contribution in [0.15, 0.2) is 36.9 Å². The molecule has 3 heterocycles. The molecule has 0 spiro atoms. The van der Waals surface area contributed by atoms with E-state index in [2.05, 4.69) is 19.9 Å². The first-order valence-corrected chi connectivity index (χ1v) is 7.55. The molecule has 0 aromatic carbocycles. The summed E-state index contributed by atoms with van der Waals surface area (Å²) in [5.74, 6) is 1.42. The van der Waals surface area contributed by atoms with Gasteiger partial charge in [-0.05, 0) is 31.0 Å². The molecule has 1 atom stereocenters. The lowest BCUT2D eigenvalue weighted by atomic mass is 10.3. The van der Waals surface area contributed by atoms with E-state index in [0.717, 1.165) is 30.9 Å². The van der Waals surface area contributed by atoms with Crippen LogP contribution in [0.25, 0.3) is 0 Å². The highest BCUT2D eigenvalue weighted by atomic mass is 16.5. The molecule has 116 valence electrons. The number of aromatic nitrogens is 3. The molecule has 0 N–H and O–H groups in total. The van der Waals surface area contributed by atoms with Gasteiger partial charge < -0.3 is 14.4 Å². The maximum absolute atomic E-state index is 5.97. The largest absolute Gasteiger partial charge is 0.477 e. The Morgan fingerprint density at radius 1 is 1.23 bits per heavy atom. The molecule has 2 aromatic heterocycles. The van der Waals surface area contributed by atoms with E-state index in [4.69, 9.17) is 9.47 Å². The second kappa shape index (κ2) is 7.17. The van der Waals surface area contributed by atoms with E-state index in [1.165, 1.54) is 0 Å². The van der Waals surface area contributed by atoms with Crippen molar-refractivity contribution < 1.29 is 9.47 Å². The minimum atomic E-state index is 0.214. The second-order valence-electron chi connectivity index (χ2n) is 5.17. The van der Waals surface area contributed by atoms with E-state index in [1.807, 2.05) is 19.1 Å². The summed E-state index contributed by atoms with van der Waals surface area (Å²) in [4.78, 5) is 14.9. The van der Waals surface area contributed by atoms with Crippen molar-refractivity contribution in [3.05, 3.63) is 42.5 Å². The molecule has 1 unspecified atom stereocenters. The van der Waals surface area contributed by atoms with Crippen LogP contribution in [0.5, 0.6) is 5.88 Å². The highest BCUT2D eigenvalue weighted by molar-refractivity contribution is 5.39. The third kappa shape index (κ3) is 3.71. The fraction of sp³-hybridized carbons (Fsp3) is 0.438. The van der Waals surface area contributed by atoms with Gasteiger partial charge in [0.15, 0.2) is 5.82 Å². The molecule has 1 aliphatic rings. The molecule has 0 saturated carbocycles. The van der Waals surface area contributed by atoms with Gasteiger partial charge in [0.05, 0.1) is 31.7 Å². The number of anilines is 1. The zero-order chi connectivity index (χ0) is 15.2. The van der Waals surface area contributed by atoms with Gasteiger partial charge in [0.1, 0.15) is 0 Å². The summed E-state index contributed by atoms with van der Waals surface area (Å²) in [6.07, 6.45) is 8.19. The van der Waals surface area contributed by atoms with Gasteiger partial charge in [-0.2, -0.15) is 4.98 Å². The van der Waals surface area contributed by atoms with E-state index >= 15 is 0 Å². The molecule has 1 aliphatic heterocycles. The summed E-state index contributed by atoms with van der Waals surface area (Å²) < 4.78 is 11.4. The average Bonchev–Trinajstić information content (AvgIpc) is 3.04. The van der Waals surface area contributed by atoms with Crippen molar-refractivity contribution in [2.75, 3.05) is 24.6 Å². The Morgan fingerprint density at radius 2 is 2.09 bits per heavy atom. The van der Waals surface area contributed by atoms with Crippen molar-refractivity contribution in [3.63, 3.8) is 0 Å². The lowest BCUT2D eigenvalue weighted by Gasteiger charge is -2.17. The van der Waals surface area contributed by atoms with E-state index < -0.39 is 0 Å². The molecular formula is C16H20N4O2. The Kier molecular flexibility index (Phi) is 4.80. The summed E-state index contributed by atoms with van der Waals surface area (Å²) >= 11 is 0. The Bertz CT molecular complexity index is 594. The molecular weight excluding hydrogens is 280 g/mol. The van der Waals surface area contributed by atoms with Crippen molar-refractivity contribution in [2.24, 2.45) is 0 Å². The number of nitrogens with zero attached hydrogens (tertiary/aromatic N) is 4. The van der Waals surface area contributed by atoms with E-state index in [0.29, 0.717) is 19.1 Å². The monoisotopic (exact) mass is 300 g/mol. The van der Waals surface area contributed by atoms with Crippen LogP contribution < -0.4 is 9.64 Å². The minimum absolute atomic E-state index is 0.214. The van der Waals surface area contributed by atoms with Crippen molar-refractivity contribution in [1.29, 1.82) is 0 Å². The van der Waals surface area contributed by atoms with E-state index in [9.17, 15) is 0 Å². The molecule has 6 heteroatoms. The minimum Gasteiger partial charge on any atom is -0.477 e.